The monoisotopic (exact) mass is 397 g/mol. The van der Waals surface area contributed by atoms with E-state index in [1.807, 2.05) is 78.9 Å². The van der Waals surface area contributed by atoms with Crippen LogP contribution in [0.1, 0.15) is 16.2 Å². The molecule has 3 aromatic carbocycles. The molecule has 0 fully saturated rings. The Hall–Kier alpha value is -3.63. The van der Waals surface area contributed by atoms with Gasteiger partial charge in [0.05, 0.1) is 16.7 Å². The van der Waals surface area contributed by atoms with Gasteiger partial charge in [-0.05, 0) is 48.0 Å². The second-order valence-electron chi connectivity index (χ2n) is 6.77. The number of carbonyl (C=O) groups excluding carboxylic acids is 1. The first-order valence-electron chi connectivity index (χ1n) is 9.23. The summed E-state index contributed by atoms with van der Waals surface area (Å²) in [6.07, 6.45) is 3.38. The molecule has 5 aromatic rings. The maximum atomic E-state index is 12.7. The summed E-state index contributed by atoms with van der Waals surface area (Å²) in [5.41, 5.74) is 5.47. The van der Waals surface area contributed by atoms with Crippen molar-refractivity contribution in [3.8, 4) is 11.3 Å². The van der Waals surface area contributed by atoms with E-state index in [-0.39, 0.29) is 5.78 Å². The van der Waals surface area contributed by atoms with E-state index in [0.717, 1.165) is 38.8 Å². The van der Waals surface area contributed by atoms with Crippen LogP contribution in [0.25, 0.3) is 39.3 Å². The van der Waals surface area contributed by atoms with E-state index < -0.39 is 0 Å². The van der Waals surface area contributed by atoms with Gasteiger partial charge in [0, 0.05) is 21.5 Å². The molecule has 5 rings (SSSR count). The molecule has 0 bridgehead atoms. The third-order valence-electron chi connectivity index (χ3n) is 4.89. The number of aromatic amines is 2. The SMILES string of the molecule is O=C(/C=C\c1c(-c2ccccc2)[nH]c2ccc(Cl)cc12)c1nc2ccccc2[nH]1. The zero-order chi connectivity index (χ0) is 19.8. The minimum Gasteiger partial charge on any atom is -0.354 e. The smallest absolute Gasteiger partial charge is 0.221 e. The van der Waals surface area contributed by atoms with Crippen molar-refractivity contribution in [1.29, 1.82) is 0 Å². The van der Waals surface area contributed by atoms with Gasteiger partial charge in [-0.2, -0.15) is 0 Å². The Bertz CT molecular complexity index is 1350. The van der Waals surface area contributed by atoms with Crippen LogP contribution in [0.15, 0.2) is 78.9 Å². The van der Waals surface area contributed by atoms with Gasteiger partial charge in [-0.15, -0.1) is 0 Å². The molecule has 0 saturated heterocycles. The lowest BCUT2D eigenvalue weighted by atomic mass is 10.0. The molecule has 0 saturated carbocycles. The number of halogens is 1. The van der Waals surface area contributed by atoms with Crippen molar-refractivity contribution in [1.82, 2.24) is 15.0 Å². The molecule has 0 aliphatic rings. The molecular formula is C24H16ClN3O. The first-order valence-corrected chi connectivity index (χ1v) is 9.61. The number of nitrogens with zero attached hydrogens (tertiary/aromatic N) is 1. The third kappa shape index (κ3) is 3.24. The van der Waals surface area contributed by atoms with Crippen LogP contribution in [0.4, 0.5) is 0 Å². The Balaban J connectivity index is 1.60. The highest BCUT2D eigenvalue weighted by atomic mass is 35.5. The van der Waals surface area contributed by atoms with Crippen molar-refractivity contribution in [3.05, 3.63) is 95.3 Å². The van der Waals surface area contributed by atoms with Crippen LogP contribution in [0.2, 0.25) is 5.02 Å². The number of allylic oxidation sites excluding steroid dienone is 1. The Kier molecular flexibility index (Phi) is 4.26. The van der Waals surface area contributed by atoms with Crippen LogP contribution in [0, 0.1) is 0 Å². The van der Waals surface area contributed by atoms with Crippen LogP contribution in [-0.2, 0) is 0 Å². The number of benzene rings is 3. The quantitative estimate of drug-likeness (QED) is 0.277. The van der Waals surface area contributed by atoms with Crippen LogP contribution >= 0.6 is 11.6 Å². The van der Waals surface area contributed by atoms with Crippen LogP contribution in [-0.4, -0.2) is 20.7 Å². The first-order chi connectivity index (χ1) is 14.2. The molecular weight excluding hydrogens is 382 g/mol. The molecule has 0 aliphatic heterocycles. The Morgan fingerprint density at radius 2 is 1.69 bits per heavy atom. The van der Waals surface area contributed by atoms with Gasteiger partial charge in [0.2, 0.25) is 5.78 Å². The number of nitrogens with one attached hydrogen (secondary N) is 2. The molecule has 0 spiro atoms. The molecule has 140 valence electrons. The summed E-state index contributed by atoms with van der Waals surface area (Å²) in [5, 5.41) is 1.61. The van der Waals surface area contributed by atoms with E-state index in [1.54, 1.807) is 6.08 Å². The van der Waals surface area contributed by atoms with Gasteiger partial charge in [-0.25, -0.2) is 4.98 Å². The minimum atomic E-state index is -0.184. The number of aromatic nitrogens is 3. The number of ketones is 1. The Labute approximate surface area is 171 Å². The summed E-state index contributed by atoms with van der Waals surface area (Å²) in [4.78, 5) is 23.7. The van der Waals surface area contributed by atoms with E-state index in [0.29, 0.717) is 10.8 Å². The van der Waals surface area contributed by atoms with Crippen LogP contribution in [0.3, 0.4) is 0 Å². The van der Waals surface area contributed by atoms with Crippen LogP contribution < -0.4 is 0 Å². The van der Waals surface area contributed by atoms with Crippen molar-refractivity contribution in [2.45, 2.75) is 0 Å². The average molecular weight is 398 g/mol. The van der Waals surface area contributed by atoms with E-state index in [1.165, 1.54) is 0 Å². The topological polar surface area (TPSA) is 61.5 Å². The molecule has 0 unspecified atom stereocenters. The van der Waals surface area contributed by atoms with Gasteiger partial charge in [-0.3, -0.25) is 4.79 Å². The Morgan fingerprint density at radius 3 is 2.52 bits per heavy atom. The summed E-state index contributed by atoms with van der Waals surface area (Å²) in [5.74, 6) is 0.137. The highest BCUT2D eigenvalue weighted by Gasteiger charge is 2.13. The van der Waals surface area contributed by atoms with Gasteiger partial charge in [0.1, 0.15) is 0 Å². The molecule has 0 aliphatic carbocycles. The average Bonchev–Trinajstić information content (AvgIpc) is 3.34. The lowest BCUT2D eigenvalue weighted by Gasteiger charge is -2.01. The molecule has 5 heteroatoms. The predicted molar refractivity (Wildman–Crippen MR) is 118 cm³/mol. The standard InChI is InChI=1S/C24H16ClN3O/c25-16-10-12-19-18(14-16)17(23(26-19)15-6-2-1-3-7-15)11-13-22(29)24-27-20-8-4-5-9-21(20)28-24/h1-14,26H,(H,27,28)/b13-11-. The van der Waals surface area contributed by atoms with Gasteiger partial charge < -0.3 is 9.97 Å². The molecule has 2 aromatic heterocycles. The number of fused-ring (bicyclic) bond motifs is 2. The zero-order valence-electron chi connectivity index (χ0n) is 15.3. The fraction of sp³-hybridized carbons (Fsp3) is 0. The fourth-order valence-electron chi connectivity index (χ4n) is 3.50. The van der Waals surface area contributed by atoms with E-state index in [9.17, 15) is 4.79 Å². The normalized spacial score (nSPS) is 11.6. The summed E-state index contributed by atoms with van der Waals surface area (Å²) >= 11 is 6.23. The van der Waals surface area contributed by atoms with Gasteiger partial charge in [0.15, 0.2) is 5.82 Å². The fourth-order valence-corrected chi connectivity index (χ4v) is 3.67. The summed E-state index contributed by atoms with van der Waals surface area (Å²) in [6.45, 7) is 0. The number of imidazole rings is 1. The number of rotatable bonds is 4. The largest absolute Gasteiger partial charge is 0.354 e. The predicted octanol–water partition coefficient (Wildman–Crippen LogP) is 6.26. The first kappa shape index (κ1) is 17.5. The zero-order valence-corrected chi connectivity index (χ0v) is 16.1. The molecule has 2 heterocycles. The second-order valence-corrected chi connectivity index (χ2v) is 7.21. The lowest BCUT2D eigenvalue weighted by molar-refractivity contribution is 0.103. The summed E-state index contributed by atoms with van der Waals surface area (Å²) < 4.78 is 0. The Morgan fingerprint density at radius 1 is 0.897 bits per heavy atom. The molecule has 0 atom stereocenters. The highest BCUT2D eigenvalue weighted by Crippen LogP contribution is 2.33. The number of hydrogen-bond acceptors (Lipinski definition) is 2. The molecule has 0 amide bonds. The number of H-pyrrole nitrogens is 2. The molecule has 29 heavy (non-hydrogen) atoms. The van der Waals surface area contributed by atoms with Crippen LogP contribution in [0.5, 0.6) is 0 Å². The van der Waals surface area contributed by atoms with Crippen molar-refractivity contribution in [2.24, 2.45) is 0 Å². The van der Waals surface area contributed by atoms with Gasteiger partial charge >= 0.3 is 0 Å². The summed E-state index contributed by atoms with van der Waals surface area (Å²) in [7, 11) is 0. The summed E-state index contributed by atoms with van der Waals surface area (Å²) in [6, 6.07) is 23.3. The molecule has 2 N–H and O–H groups in total. The van der Waals surface area contributed by atoms with Crippen molar-refractivity contribution in [2.75, 3.05) is 0 Å². The lowest BCUT2D eigenvalue weighted by Crippen LogP contribution is -1.96. The second kappa shape index (κ2) is 7.08. The maximum absolute atomic E-state index is 12.7. The van der Waals surface area contributed by atoms with Crippen molar-refractivity contribution >= 4 is 45.4 Å². The number of hydrogen-bond donors (Lipinski definition) is 2. The van der Waals surface area contributed by atoms with E-state index >= 15 is 0 Å². The van der Waals surface area contributed by atoms with E-state index in [2.05, 4.69) is 15.0 Å². The van der Waals surface area contributed by atoms with Crippen molar-refractivity contribution in [3.63, 3.8) is 0 Å². The van der Waals surface area contributed by atoms with E-state index in [4.69, 9.17) is 11.6 Å². The highest BCUT2D eigenvalue weighted by molar-refractivity contribution is 6.31. The number of para-hydroxylation sites is 2. The van der Waals surface area contributed by atoms with Gasteiger partial charge in [-0.1, -0.05) is 54.1 Å². The minimum absolute atomic E-state index is 0.184. The third-order valence-corrected chi connectivity index (χ3v) is 5.12. The molecule has 0 radical (unpaired) electrons. The van der Waals surface area contributed by atoms with Gasteiger partial charge in [0.25, 0.3) is 0 Å². The molecule has 4 nitrogen and oxygen atoms in total. The number of carbonyl (C=O) groups is 1. The van der Waals surface area contributed by atoms with Crippen molar-refractivity contribution < 1.29 is 4.79 Å². The maximum Gasteiger partial charge on any atom is 0.221 e.